The number of hydrogen-bond acceptors (Lipinski definition) is 5. The molecule has 0 saturated carbocycles. The second kappa shape index (κ2) is 6.16. The molecular weight excluding hydrogens is 266 g/mol. The van der Waals surface area contributed by atoms with Crippen molar-refractivity contribution in [1.29, 1.82) is 0 Å². The zero-order valence-corrected chi connectivity index (χ0v) is 10.8. The third kappa shape index (κ3) is 3.12. The van der Waals surface area contributed by atoms with Gasteiger partial charge in [0.05, 0.1) is 6.61 Å². The van der Waals surface area contributed by atoms with Crippen LogP contribution in [0.3, 0.4) is 0 Å². The number of nitrogens with two attached hydrogens (primary N) is 1. The Hall–Kier alpha value is -2.41. The monoisotopic (exact) mass is 280 g/mol. The number of rotatable bonds is 5. The average molecular weight is 280 g/mol. The zero-order valence-electron chi connectivity index (χ0n) is 10.8. The summed E-state index contributed by atoms with van der Waals surface area (Å²) in [7, 11) is 0. The summed E-state index contributed by atoms with van der Waals surface area (Å²) in [6.45, 7) is 2.38. The first-order chi connectivity index (χ1) is 9.63. The van der Waals surface area contributed by atoms with Crippen LogP contribution in [-0.2, 0) is 0 Å². The van der Waals surface area contributed by atoms with Crippen LogP contribution in [0.25, 0.3) is 0 Å². The Morgan fingerprint density at radius 1 is 1.20 bits per heavy atom. The Labute approximate surface area is 114 Å². The topological polar surface area (TPSA) is 72.2 Å². The first kappa shape index (κ1) is 14.0. The summed E-state index contributed by atoms with van der Waals surface area (Å²) in [4.78, 5) is 3.72. The third-order valence-corrected chi connectivity index (χ3v) is 2.47. The van der Waals surface area contributed by atoms with Crippen molar-refractivity contribution in [3.63, 3.8) is 0 Å². The highest BCUT2D eigenvalue weighted by molar-refractivity contribution is 5.60. The van der Waals surface area contributed by atoms with Gasteiger partial charge in [0.1, 0.15) is 5.75 Å². The summed E-state index contributed by atoms with van der Waals surface area (Å²) in [6.07, 6.45) is 0. The second-order valence-corrected chi connectivity index (χ2v) is 3.88. The number of ether oxygens (including phenoxy) is 1. The smallest absolute Gasteiger partial charge is 0.178 e. The van der Waals surface area contributed by atoms with Crippen LogP contribution in [-0.4, -0.2) is 11.6 Å². The summed E-state index contributed by atoms with van der Waals surface area (Å²) in [5, 5.41) is 2.74. The zero-order chi connectivity index (χ0) is 14.5. The number of hydrazine groups is 1. The fourth-order valence-corrected chi connectivity index (χ4v) is 1.62. The Kier molecular flexibility index (Phi) is 4.31. The highest BCUT2D eigenvalue weighted by atomic mass is 19.1. The van der Waals surface area contributed by atoms with Gasteiger partial charge >= 0.3 is 0 Å². The first-order valence-electron chi connectivity index (χ1n) is 5.96. The number of halogens is 2. The van der Waals surface area contributed by atoms with E-state index >= 15 is 0 Å². The molecule has 4 N–H and O–H groups in total. The Morgan fingerprint density at radius 2 is 1.95 bits per heavy atom. The summed E-state index contributed by atoms with van der Waals surface area (Å²) >= 11 is 0. The van der Waals surface area contributed by atoms with Crippen molar-refractivity contribution in [2.45, 2.75) is 6.92 Å². The van der Waals surface area contributed by atoms with Gasteiger partial charge in [-0.05, 0) is 19.1 Å². The largest absolute Gasteiger partial charge is 0.494 e. The molecule has 0 aliphatic rings. The lowest BCUT2D eigenvalue weighted by Crippen LogP contribution is -2.12. The molecule has 1 aromatic heterocycles. The van der Waals surface area contributed by atoms with E-state index in [1.54, 1.807) is 24.3 Å². The molecule has 2 rings (SSSR count). The van der Waals surface area contributed by atoms with Gasteiger partial charge in [0, 0.05) is 17.8 Å². The van der Waals surface area contributed by atoms with Gasteiger partial charge in [0.15, 0.2) is 23.3 Å². The second-order valence-electron chi connectivity index (χ2n) is 3.88. The Bertz CT molecular complexity index is 607. The molecule has 106 valence electrons. The van der Waals surface area contributed by atoms with Gasteiger partial charge in [-0.25, -0.2) is 19.6 Å². The molecule has 0 fully saturated rings. The van der Waals surface area contributed by atoms with Gasteiger partial charge in [-0.2, -0.15) is 0 Å². The molecule has 0 amide bonds. The fourth-order valence-electron chi connectivity index (χ4n) is 1.62. The molecular formula is C13H14F2N4O. The van der Waals surface area contributed by atoms with E-state index in [0.717, 1.165) is 0 Å². The standard InChI is InChI=1S/C13H14F2N4O/c1-2-20-9-5-3-4-8(6-9)17-12-10(14)7-11(15)13(18-12)19-16/h3-7H,2,16H2,1H3,(H2,17,18,19). The van der Waals surface area contributed by atoms with E-state index in [1.807, 2.05) is 6.92 Å². The predicted octanol–water partition coefficient (Wildman–Crippen LogP) is 2.79. The van der Waals surface area contributed by atoms with Crippen LogP contribution in [0.1, 0.15) is 6.92 Å². The maximum absolute atomic E-state index is 13.6. The van der Waals surface area contributed by atoms with Crippen molar-refractivity contribution in [3.8, 4) is 5.75 Å². The molecule has 0 aliphatic carbocycles. The van der Waals surface area contributed by atoms with Crippen molar-refractivity contribution in [1.82, 2.24) is 4.98 Å². The van der Waals surface area contributed by atoms with Crippen LogP contribution in [0.4, 0.5) is 26.1 Å². The Morgan fingerprint density at radius 3 is 2.65 bits per heavy atom. The normalized spacial score (nSPS) is 10.2. The van der Waals surface area contributed by atoms with Gasteiger partial charge in [-0.1, -0.05) is 6.07 Å². The van der Waals surface area contributed by atoms with Crippen LogP contribution in [0.5, 0.6) is 5.75 Å². The average Bonchev–Trinajstić information content (AvgIpc) is 2.43. The van der Waals surface area contributed by atoms with E-state index < -0.39 is 11.6 Å². The number of pyridine rings is 1. The Balaban J connectivity index is 2.27. The van der Waals surface area contributed by atoms with Gasteiger partial charge in [0.2, 0.25) is 0 Å². The van der Waals surface area contributed by atoms with E-state index in [2.05, 4.69) is 15.7 Å². The fraction of sp³-hybridized carbons (Fsp3) is 0.154. The molecule has 2 aromatic rings. The molecule has 0 saturated heterocycles. The van der Waals surface area contributed by atoms with E-state index in [1.165, 1.54) is 0 Å². The van der Waals surface area contributed by atoms with E-state index in [4.69, 9.17) is 10.6 Å². The van der Waals surface area contributed by atoms with Crippen LogP contribution in [0.2, 0.25) is 0 Å². The molecule has 0 aliphatic heterocycles. The highest BCUT2D eigenvalue weighted by Crippen LogP contribution is 2.24. The van der Waals surface area contributed by atoms with E-state index in [0.29, 0.717) is 24.1 Å². The predicted molar refractivity (Wildman–Crippen MR) is 72.9 cm³/mol. The molecule has 20 heavy (non-hydrogen) atoms. The molecule has 0 atom stereocenters. The summed E-state index contributed by atoms with van der Waals surface area (Å²) in [5.41, 5.74) is 2.63. The molecule has 5 nitrogen and oxygen atoms in total. The number of nitrogens with zero attached hydrogens (tertiary/aromatic N) is 1. The van der Waals surface area contributed by atoms with Crippen molar-refractivity contribution in [2.75, 3.05) is 17.3 Å². The molecule has 0 radical (unpaired) electrons. The molecule has 0 spiro atoms. The highest BCUT2D eigenvalue weighted by Gasteiger charge is 2.11. The molecule has 0 unspecified atom stereocenters. The summed E-state index contributed by atoms with van der Waals surface area (Å²) in [5.74, 6) is 3.69. The first-order valence-corrected chi connectivity index (χ1v) is 5.96. The lowest BCUT2D eigenvalue weighted by molar-refractivity contribution is 0.340. The summed E-state index contributed by atoms with van der Waals surface area (Å²) in [6, 6.07) is 7.62. The van der Waals surface area contributed by atoms with Crippen LogP contribution < -0.4 is 21.3 Å². The number of hydrogen-bond donors (Lipinski definition) is 3. The number of nitrogen functional groups attached to an aromatic ring is 1. The van der Waals surface area contributed by atoms with Crippen LogP contribution >= 0.6 is 0 Å². The number of anilines is 3. The minimum Gasteiger partial charge on any atom is -0.494 e. The van der Waals surface area contributed by atoms with Gasteiger partial charge in [-0.15, -0.1) is 0 Å². The minimum absolute atomic E-state index is 0.131. The molecule has 0 bridgehead atoms. The number of nitrogens with one attached hydrogen (secondary N) is 2. The van der Waals surface area contributed by atoms with E-state index in [9.17, 15) is 8.78 Å². The number of aromatic nitrogens is 1. The van der Waals surface area contributed by atoms with Crippen molar-refractivity contribution < 1.29 is 13.5 Å². The van der Waals surface area contributed by atoms with Gasteiger partial charge in [0.25, 0.3) is 0 Å². The van der Waals surface area contributed by atoms with Crippen molar-refractivity contribution >= 4 is 17.3 Å². The summed E-state index contributed by atoms with van der Waals surface area (Å²) < 4.78 is 32.2. The SMILES string of the molecule is CCOc1cccc(Nc2nc(NN)c(F)cc2F)c1. The van der Waals surface area contributed by atoms with Gasteiger partial charge in [-0.3, -0.25) is 0 Å². The van der Waals surface area contributed by atoms with Gasteiger partial charge < -0.3 is 15.5 Å². The van der Waals surface area contributed by atoms with Crippen LogP contribution in [0, 0.1) is 11.6 Å². The van der Waals surface area contributed by atoms with E-state index in [-0.39, 0.29) is 11.6 Å². The minimum atomic E-state index is -0.862. The lowest BCUT2D eigenvalue weighted by atomic mass is 10.3. The quantitative estimate of drug-likeness (QED) is 0.580. The molecule has 1 aromatic carbocycles. The van der Waals surface area contributed by atoms with Crippen molar-refractivity contribution in [2.24, 2.45) is 5.84 Å². The maximum Gasteiger partial charge on any atom is 0.178 e. The van der Waals surface area contributed by atoms with Crippen LogP contribution in [0.15, 0.2) is 30.3 Å². The maximum atomic E-state index is 13.6. The van der Waals surface area contributed by atoms with Crippen molar-refractivity contribution in [3.05, 3.63) is 42.0 Å². The number of benzene rings is 1. The third-order valence-electron chi connectivity index (χ3n) is 2.47. The molecule has 7 heteroatoms. The molecule has 1 heterocycles. The lowest BCUT2D eigenvalue weighted by Gasteiger charge is -2.10.